The molecule has 0 bridgehead atoms. The number of anilines is 1. The third-order valence-electron chi connectivity index (χ3n) is 8.12. The number of likely N-dealkylation sites (tertiary alicyclic amines) is 1. The van der Waals surface area contributed by atoms with Crippen molar-refractivity contribution in [2.75, 3.05) is 56.7 Å². The molecule has 12 heteroatoms. The lowest BCUT2D eigenvalue weighted by Crippen LogP contribution is -2.45. The van der Waals surface area contributed by atoms with Crippen molar-refractivity contribution in [3.63, 3.8) is 0 Å². The van der Waals surface area contributed by atoms with E-state index in [-0.39, 0.29) is 24.2 Å². The van der Waals surface area contributed by atoms with E-state index in [2.05, 4.69) is 4.90 Å². The average molecular weight is 647 g/mol. The van der Waals surface area contributed by atoms with Crippen molar-refractivity contribution < 1.29 is 21.6 Å². The van der Waals surface area contributed by atoms with Gasteiger partial charge < -0.3 is 9.80 Å². The number of sulfonamides is 1. The van der Waals surface area contributed by atoms with Gasteiger partial charge in [0.2, 0.25) is 15.9 Å². The third-order valence-corrected chi connectivity index (χ3v) is 10.8. The van der Waals surface area contributed by atoms with Crippen molar-refractivity contribution in [1.29, 1.82) is 0 Å². The molecule has 228 valence electrons. The van der Waals surface area contributed by atoms with E-state index in [9.17, 15) is 21.6 Å². The summed E-state index contributed by atoms with van der Waals surface area (Å²) in [5, 5.41) is 0.617. The zero-order valence-electron chi connectivity index (χ0n) is 23.7. The zero-order valence-corrected chi connectivity index (χ0v) is 26.9. The van der Waals surface area contributed by atoms with Gasteiger partial charge in [0.15, 0.2) is 9.84 Å². The molecule has 41 heavy (non-hydrogen) atoms. The summed E-state index contributed by atoms with van der Waals surface area (Å²) in [7, 11) is -6.42. The maximum absolute atomic E-state index is 13.6. The first kappa shape index (κ1) is 33.8. The summed E-state index contributed by atoms with van der Waals surface area (Å²) in [4.78, 5) is 18.3. The number of benzene rings is 2. The Hall–Kier alpha value is -1.69. The highest BCUT2D eigenvalue weighted by Gasteiger charge is 2.32. The molecule has 2 saturated heterocycles. The molecule has 0 aliphatic carbocycles. The molecule has 1 amide bonds. The van der Waals surface area contributed by atoms with Crippen LogP contribution in [0.5, 0.6) is 0 Å². The van der Waals surface area contributed by atoms with Gasteiger partial charge in [-0.15, -0.1) is 12.4 Å². The van der Waals surface area contributed by atoms with Gasteiger partial charge in [0.25, 0.3) is 0 Å². The number of amides is 1. The van der Waals surface area contributed by atoms with Gasteiger partial charge in [0.05, 0.1) is 11.2 Å². The molecule has 2 fully saturated rings. The smallest absolute Gasteiger partial charge is 0.230 e. The fourth-order valence-corrected chi connectivity index (χ4v) is 7.35. The molecule has 0 N–H and O–H groups in total. The molecular formula is C29H41Cl2N3O5S2. The van der Waals surface area contributed by atoms with E-state index >= 15 is 0 Å². The summed E-state index contributed by atoms with van der Waals surface area (Å²) in [5.41, 5.74) is 1.99. The van der Waals surface area contributed by atoms with Crippen molar-refractivity contribution >= 4 is 55.5 Å². The molecule has 0 atom stereocenters. The summed E-state index contributed by atoms with van der Waals surface area (Å²) >= 11 is 6.10. The first-order valence-electron chi connectivity index (χ1n) is 13.9. The molecule has 2 aliphatic rings. The van der Waals surface area contributed by atoms with Crippen molar-refractivity contribution in [3.05, 3.63) is 59.1 Å². The average Bonchev–Trinajstić information content (AvgIpc) is 2.92. The summed E-state index contributed by atoms with van der Waals surface area (Å²) < 4.78 is 48.6. The van der Waals surface area contributed by atoms with E-state index in [1.165, 1.54) is 22.4 Å². The Bertz CT molecular complexity index is 1350. The van der Waals surface area contributed by atoms with Crippen LogP contribution >= 0.6 is 24.0 Å². The normalized spacial score (nSPS) is 18.1. The Morgan fingerprint density at radius 2 is 1.46 bits per heavy atom. The van der Waals surface area contributed by atoms with Crippen LogP contribution in [0.15, 0.2) is 53.4 Å². The molecule has 4 rings (SSSR count). The number of hydrogen-bond acceptors (Lipinski definition) is 6. The molecular weight excluding hydrogens is 605 g/mol. The second kappa shape index (κ2) is 14.7. The van der Waals surface area contributed by atoms with Gasteiger partial charge in [-0.25, -0.2) is 21.1 Å². The van der Waals surface area contributed by atoms with Gasteiger partial charge in [-0.3, -0.25) is 4.79 Å². The molecule has 0 saturated carbocycles. The SMILES string of the molecule is CS(=O)(=O)c1ccc(CC2CCN(CCCN(C(=O)C3CCN(S(C)(=O)=O)CC3)c3ccc(Cl)cc3)CC2)cc1.Cl. The second-order valence-corrected chi connectivity index (χ2v) is 15.6. The molecule has 0 radical (unpaired) electrons. The van der Waals surface area contributed by atoms with E-state index < -0.39 is 19.9 Å². The van der Waals surface area contributed by atoms with E-state index in [1.54, 1.807) is 24.3 Å². The van der Waals surface area contributed by atoms with E-state index in [0.717, 1.165) is 51.0 Å². The van der Waals surface area contributed by atoms with Gasteiger partial charge in [-0.05, 0) is 106 Å². The number of hydrogen-bond donors (Lipinski definition) is 0. The van der Waals surface area contributed by atoms with Gasteiger partial charge in [0, 0.05) is 42.5 Å². The second-order valence-electron chi connectivity index (χ2n) is 11.2. The van der Waals surface area contributed by atoms with E-state index in [0.29, 0.717) is 48.3 Å². The van der Waals surface area contributed by atoms with Crippen molar-refractivity contribution in [3.8, 4) is 0 Å². The first-order valence-corrected chi connectivity index (χ1v) is 18.1. The van der Waals surface area contributed by atoms with Crippen LogP contribution in [0, 0.1) is 11.8 Å². The van der Waals surface area contributed by atoms with Gasteiger partial charge in [-0.2, -0.15) is 0 Å². The van der Waals surface area contributed by atoms with Crippen molar-refractivity contribution in [2.45, 2.75) is 43.4 Å². The fraction of sp³-hybridized carbons (Fsp3) is 0.552. The van der Waals surface area contributed by atoms with Crippen LogP contribution in [-0.2, 0) is 31.1 Å². The lowest BCUT2D eigenvalue weighted by atomic mass is 9.90. The molecule has 2 heterocycles. The molecule has 0 aromatic heterocycles. The summed E-state index contributed by atoms with van der Waals surface area (Å²) in [6.07, 6.45) is 7.48. The summed E-state index contributed by atoms with van der Waals surface area (Å²) in [6.45, 7) is 4.26. The number of nitrogens with zero attached hydrogens (tertiary/aromatic N) is 3. The van der Waals surface area contributed by atoms with Crippen LogP contribution in [0.2, 0.25) is 5.02 Å². The standard InChI is InChI=1S/C29H40ClN3O5S2.ClH/c1-39(35,36)28-10-4-23(5-11-28)22-24-12-18-31(19-13-24)16-3-17-33(27-8-6-26(30)7-9-27)29(34)25-14-20-32(21-15-25)40(2,37)38;/h4-11,24-25H,3,12-22H2,1-2H3;1H. The highest BCUT2D eigenvalue weighted by Crippen LogP contribution is 2.27. The largest absolute Gasteiger partial charge is 0.312 e. The Morgan fingerprint density at radius 3 is 2.00 bits per heavy atom. The summed E-state index contributed by atoms with van der Waals surface area (Å²) in [5.74, 6) is 0.428. The van der Waals surface area contributed by atoms with Gasteiger partial charge >= 0.3 is 0 Å². The Kier molecular flexibility index (Phi) is 12.1. The Balaban J connectivity index is 0.00000462. The maximum atomic E-state index is 13.6. The number of piperidine rings is 2. The fourth-order valence-electron chi connectivity index (χ4n) is 5.72. The highest BCUT2D eigenvalue weighted by molar-refractivity contribution is 7.90. The molecule has 0 unspecified atom stereocenters. The monoisotopic (exact) mass is 645 g/mol. The Labute approximate surface area is 256 Å². The predicted molar refractivity (Wildman–Crippen MR) is 167 cm³/mol. The third kappa shape index (κ3) is 9.66. The highest BCUT2D eigenvalue weighted by atomic mass is 35.5. The van der Waals surface area contributed by atoms with Crippen LogP contribution in [0.25, 0.3) is 0 Å². The van der Waals surface area contributed by atoms with Crippen LogP contribution in [0.3, 0.4) is 0 Å². The predicted octanol–water partition coefficient (Wildman–Crippen LogP) is 4.51. The van der Waals surface area contributed by atoms with Crippen LogP contribution in [-0.4, -0.2) is 83.7 Å². The molecule has 2 aromatic carbocycles. The Morgan fingerprint density at radius 1 is 0.878 bits per heavy atom. The molecule has 0 spiro atoms. The first-order chi connectivity index (χ1) is 18.9. The topological polar surface area (TPSA) is 95.1 Å². The summed E-state index contributed by atoms with van der Waals surface area (Å²) in [6, 6.07) is 14.6. The van der Waals surface area contributed by atoms with Crippen molar-refractivity contribution in [1.82, 2.24) is 9.21 Å². The maximum Gasteiger partial charge on any atom is 0.230 e. The quantitative estimate of drug-likeness (QED) is 0.377. The number of halogens is 2. The minimum atomic E-state index is -3.24. The lowest BCUT2D eigenvalue weighted by Gasteiger charge is -2.34. The van der Waals surface area contributed by atoms with E-state index in [1.807, 2.05) is 29.2 Å². The van der Waals surface area contributed by atoms with Crippen LogP contribution < -0.4 is 4.90 Å². The number of sulfone groups is 1. The molecule has 2 aromatic rings. The minimum Gasteiger partial charge on any atom is -0.312 e. The molecule has 8 nitrogen and oxygen atoms in total. The van der Waals surface area contributed by atoms with Crippen molar-refractivity contribution in [2.24, 2.45) is 11.8 Å². The molecule has 2 aliphatic heterocycles. The van der Waals surface area contributed by atoms with E-state index in [4.69, 9.17) is 11.6 Å². The lowest BCUT2D eigenvalue weighted by molar-refractivity contribution is -0.123. The zero-order chi connectivity index (χ0) is 28.9. The van der Waals surface area contributed by atoms with Crippen LogP contribution in [0.4, 0.5) is 5.69 Å². The number of carbonyl (C=O) groups excluding carboxylic acids is 1. The number of carbonyl (C=O) groups is 1. The van der Waals surface area contributed by atoms with Gasteiger partial charge in [0.1, 0.15) is 0 Å². The number of rotatable bonds is 10. The minimum absolute atomic E-state index is 0. The van der Waals surface area contributed by atoms with Crippen LogP contribution in [0.1, 0.15) is 37.7 Å². The van der Waals surface area contributed by atoms with Gasteiger partial charge in [-0.1, -0.05) is 23.7 Å².